The van der Waals surface area contributed by atoms with E-state index in [-0.39, 0.29) is 5.91 Å². The van der Waals surface area contributed by atoms with Gasteiger partial charge in [-0.15, -0.1) is 0 Å². The summed E-state index contributed by atoms with van der Waals surface area (Å²) in [6, 6.07) is 8.32. The van der Waals surface area contributed by atoms with Crippen molar-refractivity contribution in [1.29, 1.82) is 0 Å². The predicted octanol–water partition coefficient (Wildman–Crippen LogP) is 3.09. The maximum absolute atomic E-state index is 11.9. The molecule has 2 nitrogen and oxygen atoms in total. The quantitative estimate of drug-likeness (QED) is 0.816. The normalized spacial score (nSPS) is 20.4. The molecule has 0 N–H and O–H groups in total. The van der Waals surface area contributed by atoms with E-state index >= 15 is 0 Å². The van der Waals surface area contributed by atoms with Crippen LogP contribution in [-0.2, 0) is 4.79 Å². The fraction of sp³-hybridized carbons (Fsp3) is 0.500. The van der Waals surface area contributed by atoms with Gasteiger partial charge in [-0.25, -0.2) is 0 Å². The molecule has 0 spiro atoms. The molecule has 2 rings (SSSR count). The summed E-state index contributed by atoms with van der Waals surface area (Å²) >= 11 is 4.27. The second-order valence-corrected chi connectivity index (χ2v) is 5.37. The number of nitrogens with zero attached hydrogens (tertiary/aromatic N) is 1. The molecule has 1 unspecified atom stereocenters. The van der Waals surface area contributed by atoms with Crippen molar-refractivity contribution in [2.45, 2.75) is 26.2 Å². The van der Waals surface area contributed by atoms with Crippen molar-refractivity contribution in [2.24, 2.45) is 5.92 Å². The van der Waals surface area contributed by atoms with Crippen LogP contribution in [0.4, 0.5) is 5.69 Å². The number of benzene rings is 1. The molecule has 0 radical (unpaired) electrons. The smallest absolute Gasteiger partial charge is 0.227 e. The molecule has 1 amide bonds. The van der Waals surface area contributed by atoms with E-state index in [2.05, 4.69) is 38.6 Å². The minimum Gasteiger partial charge on any atom is -0.312 e. The Morgan fingerprint density at radius 1 is 1.35 bits per heavy atom. The van der Waals surface area contributed by atoms with Gasteiger partial charge in [-0.2, -0.15) is 12.6 Å². The van der Waals surface area contributed by atoms with E-state index in [9.17, 15) is 4.79 Å². The maximum atomic E-state index is 11.9. The standard InChI is InChI=1S/C14H19NOS/c1-10(2)12-3-5-13(6-4-12)15-8-11(9-17)7-14(15)16/h3-6,10-11,17H,7-9H2,1-2H3. The number of carbonyl (C=O) groups excluding carboxylic acids is 1. The second kappa shape index (κ2) is 5.13. The Morgan fingerprint density at radius 3 is 2.47 bits per heavy atom. The van der Waals surface area contributed by atoms with Crippen molar-refractivity contribution in [1.82, 2.24) is 0 Å². The van der Waals surface area contributed by atoms with Gasteiger partial charge in [0.15, 0.2) is 0 Å². The van der Waals surface area contributed by atoms with Crippen LogP contribution < -0.4 is 4.90 Å². The van der Waals surface area contributed by atoms with Gasteiger partial charge in [0.25, 0.3) is 0 Å². The highest BCUT2D eigenvalue weighted by molar-refractivity contribution is 7.80. The zero-order valence-electron chi connectivity index (χ0n) is 10.4. The molecule has 1 aromatic carbocycles. The van der Waals surface area contributed by atoms with E-state index in [1.54, 1.807) is 0 Å². The van der Waals surface area contributed by atoms with Crippen LogP contribution in [0, 0.1) is 5.92 Å². The van der Waals surface area contributed by atoms with Crippen molar-refractivity contribution in [2.75, 3.05) is 17.2 Å². The third kappa shape index (κ3) is 2.65. The molecular formula is C14H19NOS. The van der Waals surface area contributed by atoms with Gasteiger partial charge >= 0.3 is 0 Å². The minimum atomic E-state index is 0.223. The minimum absolute atomic E-state index is 0.223. The van der Waals surface area contributed by atoms with Gasteiger partial charge < -0.3 is 4.90 Å². The molecule has 0 aliphatic carbocycles. The highest BCUT2D eigenvalue weighted by Gasteiger charge is 2.29. The highest BCUT2D eigenvalue weighted by Crippen LogP contribution is 2.27. The highest BCUT2D eigenvalue weighted by atomic mass is 32.1. The first-order valence-corrected chi connectivity index (χ1v) is 6.76. The van der Waals surface area contributed by atoms with Crippen molar-refractivity contribution in [3.8, 4) is 0 Å². The lowest BCUT2D eigenvalue weighted by atomic mass is 10.0. The summed E-state index contributed by atoms with van der Waals surface area (Å²) in [5, 5.41) is 0. The molecule has 1 aromatic rings. The van der Waals surface area contributed by atoms with E-state index in [1.807, 2.05) is 17.0 Å². The van der Waals surface area contributed by atoms with Crippen molar-refractivity contribution >= 4 is 24.2 Å². The first kappa shape index (κ1) is 12.5. The van der Waals surface area contributed by atoms with E-state index in [0.717, 1.165) is 18.0 Å². The fourth-order valence-corrected chi connectivity index (χ4v) is 2.44. The summed E-state index contributed by atoms with van der Waals surface area (Å²) in [6.45, 7) is 5.16. The SMILES string of the molecule is CC(C)c1ccc(N2CC(CS)CC2=O)cc1. The Hall–Kier alpha value is -0.960. The molecule has 1 atom stereocenters. The Morgan fingerprint density at radius 2 is 2.00 bits per heavy atom. The van der Waals surface area contributed by atoms with Crippen LogP contribution in [-0.4, -0.2) is 18.2 Å². The Kier molecular flexibility index (Phi) is 3.77. The van der Waals surface area contributed by atoms with Gasteiger partial charge in [-0.1, -0.05) is 26.0 Å². The van der Waals surface area contributed by atoms with E-state index < -0.39 is 0 Å². The average molecular weight is 249 g/mol. The van der Waals surface area contributed by atoms with Crippen LogP contribution in [0.25, 0.3) is 0 Å². The fourth-order valence-electron chi connectivity index (χ4n) is 2.19. The van der Waals surface area contributed by atoms with Crippen molar-refractivity contribution in [3.63, 3.8) is 0 Å². The monoisotopic (exact) mass is 249 g/mol. The topological polar surface area (TPSA) is 20.3 Å². The van der Waals surface area contributed by atoms with Crippen LogP contribution in [0.15, 0.2) is 24.3 Å². The summed E-state index contributed by atoms with van der Waals surface area (Å²) < 4.78 is 0. The van der Waals surface area contributed by atoms with Crippen LogP contribution in [0.2, 0.25) is 0 Å². The molecule has 92 valence electrons. The van der Waals surface area contributed by atoms with Gasteiger partial charge in [0.1, 0.15) is 0 Å². The van der Waals surface area contributed by atoms with Gasteiger partial charge in [0, 0.05) is 18.7 Å². The molecular weight excluding hydrogens is 230 g/mol. The molecule has 0 aromatic heterocycles. The lowest BCUT2D eigenvalue weighted by molar-refractivity contribution is -0.117. The van der Waals surface area contributed by atoms with Gasteiger partial charge in [0.05, 0.1) is 0 Å². The largest absolute Gasteiger partial charge is 0.312 e. The lowest BCUT2D eigenvalue weighted by Gasteiger charge is -2.17. The molecule has 1 fully saturated rings. The molecule has 0 saturated carbocycles. The summed E-state index contributed by atoms with van der Waals surface area (Å²) in [5.74, 6) is 1.94. The number of carbonyl (C=O) groups is 1. The molecule has 1 aliphatic heterocycles. The number of hydrogen-bond donors (Lipinski definition) is 1. The van der Waals surface area contributed by atoms with E-state index in [1.165, 1.54) is 5.56 Å². The Bertz CT molecular complexity index is 399. The van der Waals surface area contributed by atoms with Crippen molar-refractivity contribution < 1.29 is 4.79 Å². The average Bonchev–Trinajstić information content (AvgIpc) is 2.71. The van der Waals surface area contributed by atoms with Crippen LogP contribution in [0.1, 0.15) is 31.7 Å². The number of hydrogen-bond acceptors (Lipinski definition) is 2. The lowest BCUT2D eigenvalue weighted by Crippen LogP contribution is -2.24. The molecule has 0 bridgehead atoms. The summed E-state index contributed by atoms with van der Waals surface area (Å²) in [6.07, 6.45) is 0.634. The third-order valence-electron chi connectivity index (χ3n) is 3.33. The molecule has 17 heavy (non-hydrogen) atoms. The first-order chi connectivity index (χ1) is 8.11. The van der Waals surface area contributed by atoms with Gasteiger partial charge in [-0.05, 0) is 35.3 Å². The Labute approximate surface area is 108 Å². The first-order valence-electron chi connectivity index (χ1n) is 6.13. The second-order valence-electron chi connectivity index (χ2n) is 5.00. The third-order valence-corrected chi connectivity index (χ3v) is 3.85. The maximum Gasteiger partial charge on any atom is 0.227 e. The summed E-state index contributed by atoms with van der Waals surface area (Å²) in [7, 11) is 0. The zero-order chi connectivity index (χ0) is 12.4. The van der Waals surface area contributed by atoms with Gasteiger partial charge in [-0.3, -0.25) is 4.79 Å². The van der Waals surface area contributed by atoms with E-state index in [0.29, 0.717) is 18.3 Å². The van der Waals surface area contributed by atoms with Crippen LogP contribution in [0.3, 0.4) is 0 Å². The number of thiol groups is 1. The molecule has 1 aliphatic rings. The van der Waals surface area contributed by atoms with Crippen molar-refractivity contribution in [3.05, 3.63) is 29.8 Å². The summed E-state index contributed by atoms with van der Waals surface area (Å²) in [4.78, 5) is 13.7. The number of rotatable bonds is 3. The molecule has 3 heteroatoms. The number of anilines is 1. The summed E-state index contributed by atoms with van der Waals surface area (Å²) in [5.41, 5.74) is 2.33. The molecule has 1 heterocycles. The molecule has 1 saturated heterocycles. The van der Waals surface area contributed by atoms with E-state index in [4.69, 9.17) is 0 Å². The Balaban J connectivity index is 2.15. The predicted molar refractivity (Wildman–Crippen MR) is 74.8 cm³/mol. The zero-order valence-corrected chi connectivity index (χ0v) is 11.3. The van der Waals surface area contributed by atoms with Crippen LogP contribution in [0.5, 0.6) is 0 Å². The number of amides is 1. The van der Waals surface area contributed by atoms with Gasteiger partial charge in [0.2, 0.25) is 5.91 Å². The van der Waals surface area contributed by atoms with Crippen LogP contribution >= 0.6 is 12.6 Å².